The molecule has 2 amide bonds. The fraction of sp³-hybridized carbons (Fsp3) is 0.385. The molecule has 96 valence electrons. The molecular weight excluding hydrogens is 232 g/mol. The molecule has 1 fully saturated rings. The second-order valence-electron chi connectivity index (χ2n) is 4.65. The molecular formula is C13H16N2O3. The number of aromatic hydroxyl groups is 1. The minimum Gasteiger partial charge on any atom is -0.508 e. The maximum atomic E-state index is 11.9. The zero-order valence-electron chi connectivity index (χ0n) is 10.4. The third-order valence-electron chi connectivity index (χ3n) is 3.15. The first-order chi connectivity index (χ1) is 8.47. The number of aryl methyl sites for hydroxylation is 2. The standard InChI is InChI=1S/C13H16N2O3/c1-7-4-11(16)8(2)3-10(7)15-13(18)9-5-12(17)14-6-9/h3-4,9,16H,5-6H2,1-2H3,(H,14,17)(H,15,18). The van der Waals surface area contributed by atoms with Gasteiger partial charge in [0.2, 0.25) is 11.8 Å². The highest BCUT2D eigenvalue weighted by atomic mass is 16.3. The Balaban J connectivity index is 2.12. The topological polar surface area (TPSA) is 78.4 Å². The molecule has 0 saturated carbocycles. The van der Waals surface area contributed by atoms with Crippen LogP contribution >= 0.6 is 0 Å². The molecule has 0 bridgehead atoms. The minimum absolute atomic E-state index is 0.0891. The Kier molecular flexibility index (Phi) is 3.23. The number of benzene rings is 1. The third kappa shape index (κ3) is 2.45. The van der Waals surface area contributed by atoms with Crippen molar-refractivity contribution in [3.8, 4) is 5.75 Å². The predicted octanol–water partition coefficient (Wildman–Crippen LogP) is 1.08. The molecule has 1 atom stereocenters. The number of hydrogen-bond acceptors (Lipinski definition) is 3. The summed E-state index contributed by atoms with van der Waals surface area (Å²) in [5.41, 5.74) is 2.18. The van der Waals surface area contributed by atoms with E-state index < -0.39 is 0 Å². The van der Waals surface area contributed by atoms with E-state index in [9.17, 15) is 14.7 Å². The van der Waals surface area contributed by atoms with Gasteiger partial charge in [-0.15, -0.1) is 0 Å². The monoisotopic (exact) mass is 248 g/mol. The zero-order valence-corrected chi connectivity index (χ0v) is 10.4. The van der Waals surface area contributed by atoms with Gasteiger partial charge in [0.1, 0.15) is 5.75 Å². The highest BCUT2D eigenvalue weighted by Gasteiger charge is 2.28. The number of carbonyl (C=O) groups is 2. The minimum atomic E-state index is -0.314. The molecule has 1 unspecified atom stereocenters. The molecule has 0 aromatic heterocycles. The molecule has 5 nitrogen and oxygen atoms in total. The Morgan fingerprint density at radius 3 is 2.72 bits per heavy atom. The first-order valence-corrected chi connectivity index (χ1v) is 5.85. The van der Waals surface area contributed by atoms with Crippen LogP contribution in [0.15, 0.2) is 12.1 Å². The molecule has 5 heteroatoms. The number of rotatable bonds is 2. The van der Waals surface area contributed by atoms with Crippen molar-refractivity contribution in [3.05, 3.63) is 23.3 Å². The lowest BCUT2D eigenvalue weighted by Crippen LogP contribution is -2.25. The molecule has 18 heavy (non-hydrogen) atoms. The van der Waals surface area contributed by atoms with Crippen LogP contribution in [0.1, 0.15) is 17.5 Å². The Morgan fingerprint density at radius 1 is 1.39 bits per heavy atom. The number of nitrogens with one attached hydrogen (secondary N) is 2. The number of anilines is 1. The van der Waals surface area contributed by atoms with Crippen LogP contribution in [0.25, 0.3) is 0 Å². The van der Waals surface area contributed by atoms with Gasteiger partial charge in [-0.3, -0.25) is 9.59 Å². The molecule has 1 aliphatic heterocycles. The molecule has 1 heterocycles. The molecule has 0 aliphatic carbocycles. The van der Waals surface area contributed by atoms with E-state index in [1.165, 1.54) is 0 Å². The fourth-order valence-corrected chi connectivity index (χ4v) is 1.96. The van der Waals surface area contributed by atoms with Crippen LogP contribution in [-0.4, -0.2) is 23.5 Å². The van der Waals surface area contributed by atoms with Crippen LogP contribution in [0.4, 0.5) is 5.69 Å². The van der Waals surface area contributed by atoms with Crippen LogP contribution in [0.5, 0.6) is 5.75 Å². The summed E-state index contributed by atoms with van der Waals surface area (Å²) in [6.45, 7) is 3.97. The van der Waals surface area contributed by atoms with Crippen molar-refractivity contribution in [2.45, 2.75) is 20.3 Å². The Morgan fingerprint density at radius 2 is 2.11 bits per heavy atom. The van der Waals surface area contributed by atoms with E-state index in [1.807, 2.05) is 6.92 Å². The average Bonchev–Trinajstić information content (AvgIpc) is 2.73. The summed E-state index contributed by atoms with van der Waals surface area (Å²) in [4.78, 5) is 23.0. The van der Waals surface area contributed by atoms with Crippen molar-refractivity contribution in [2.75, 3.05) is 11.9 Å². The normalized spacial score (nSPS) is 18.6. The van der Waals surface area contributed by atoms with Gasteiger partial charge in [0.05, 0.1) is 5.92 Å². The van der Waals surface area contributed by atoms with Gasteiger partial charge in [-0.1, -0.05) is 0 Å². The van der Waals surface area contributed by atoms with Crippen LogP contribution in [0.2, 0.25) is 0 Å². The van der Waals surface area contributed by atoms with Crippen molar-refractivity contribution >= 4 is 17.5 Å². The first-order valence-electron chi connectivity index (χ1n) is 5.85. The molecule has 1 aliphatic rings. The molecule has 3 N–H and O–H groups in total. The van der Waals surface area contributed by atoms with Gasteiger partial charge in [0, 0.05) is 18.7 Å². The fourth-order valence-electron chi connectivity index (χ4n) is 1.96. The summed E-state index contributed by atoms with van der Waals surface area (Å²) in [7, 11) is 0. The second kappa shape index (κ2) is 4.68. The van der Waals surface area contributed by atoms with Gasteiger partial charge in [-0.2, -0.15) is 0 Å². The van der Waals surface area contributed by atoms with Crippen molar-refractivity contribution < 1.29 is 14.7 Å². The molecule has 2 rings (SSSR count). The van der Waals surface area contributed by atoms with Crippen LogP contribution in [-0.2, 0) is 9.59 Å². The number of phenols is 1. The lowest BCUT2D eigenvalue weighted by molar-refractivity contribution is -0.123. The van der Waals surface area contributed by atoms with Gasteiger partial charge >= 0.3 is 0 Å². The van der Waals surface area contributed by atoms with E-state index in [-0.39, 0.29) is 29.9 Å². The molecule has 1 saturated heterocycles. The van der Waals surface area contributed by atoms with Gasteiger partial charge in [0.25, 0.3) is 0 Å². The number of amides is 2. The van der Waals surface area contributed by atoms with Crippen molar-refractivity contribution in [1.82, 2.24) is 5.32 Å². The van der Waals surface area contributed by atoms with Gasteiger partial charge < -0.3 is 15.7 Å². The number of carbonyl (C=O) groups excluding carboxylic acids is 2. The van der Waals surface area contributed by atoms with Gasteiger partial charge in [-0.05, 0) is 37.1 Å². The maximum Gasteiger partial charge on any atom is 0.229 e. The SMILES string of the molecule is Cc1cc(NC(=O)C2CNC(=O)C2)c(C)cc1O. The zero-order chi connectivity index (χ0) is 13.3. The molecule has 0 spiro atoms. The van der Waals surface area contributed by atoms with E-state index >= 15 is 0 Å². The van der Waals surface area contributed by atoms with Crippen molar-refractivity contribution in [2.24, 2.45) is 5.92 Å². The molecule has 1 aromatic rings. The van der Waals surface area contributed by atoms with Crippen LogP contribution in [0.3, 0.4) is 0 Å². The maximum absolute atomic E-state index is 11.9. The van der Waals surface area contributed by atoms with E-state index in [2.05, 4.69) is 10.6 Å². The predicted molar refractivity (Wildman–Crippen MR) is 67.3 cm³/mol. The summed E-state index contributed by atoms with van der Waals surface area (Å²) >= 11 is 0. The molecule has 0 radical (unpaired) electrons. The van der Waals surface area contributed by atoms with E-state index in [0.717, 1.165) is 5.56 Å². The Bertz CT molecular complexity index is 511. The summed E-state index contributed by atoms with van der Waals surface area (Å²) in [6, 6.07) is 3.34. The number of hydrogen-bond donors (Lipinski definition) is 3. The quantitative estimate of drug-likeness (QED) is 0.685. The van der Waals surface area contributed by atoms with Gasteiger partial charge in [-0.25, -0.2) is 0 Å². The Labute approximate surface area is 105 Å². The first kappa shape index (κ1) is 12.4. The molecule has 1 aromatic carbocycles. The lowest BCUT2D eigenvalue weighted by Gasteiger charge is -2.13. The van der Waals surface area contributed by atoms with E-state index in [4.69, 9.17) is 0 Å². The summed E-state index contributed by atoms with van der Waals surface area (Å²) in [5.74, 6) is -0.357. The second-order valence-corrected chi connectivity index (χ2v) is 4.65. The summed E-state index contributed by atoms with van der Waals surface area (Å²) < 4.78 is 0. The summed E-state index contributed by atoms with van der Waals surface area (Å²) in [5, 5.41) is 15.0. The highest BCUT2D eigenvalue weighted by molar-refractivity contribution is 5.97. The van der Waals surface area contributed by atoms with Crippen LogP contribution in [0, 0.1) is 19.8 Å². The number of phenolic OH excluding ortho intramolecular Hbond substituents is 1. The van der Waals surface area contributed by atoms with E-state index in [1.54, 1.807) is 19.1 Å². The highest BCUT2D eigenvalue weighted by Crippen LogP contribution is 2.25. The van der Waals surface area contributed by atoms with Crippen molar-refractivity contribution in [3.63, 3.8) is 0 Å². The van der Waals surface area contributed by atoms with Gasteiger partial charge in [0.15, 0.2) is 0 Å². The summed E-state index contributed by atoms with van der Waals surface area (Å²) in [6.07, 6.45) is 0.238. The Hall–Kier alpha value is -2.04. The average molecular weight is 248 g/mol. The lowest BCUT2D eigenvalue weighted by atomic mass is 10.1. The van der Waals surface area contributed by atoms with Crippen molar-refractivity contribution in [1.29, 1.82) is 0 Å². The largest absolute Gasteiger partial charge is 0.508 e. The smallest absolute Gasteiger partial charge is 0.229 e. The third-order valence-corrected chi connectivity index (χ3v) is 3.15. The van der Waals surface area contributed by atoms with E-state index in [0.29, 0.717) is 17.8 Å². The van der Waals surface area contributed by atoms with Crippen LogP contribution < -0.4 is 10.6 Å².